The van der Waals surface area contributed by atoms with Crippen molar-refractivity contribution in [1.29, 1.82) is 0 Å². The van der Waals surface area contributed by atoms with Crippen molar-refractivity contribution in [2.75, 3.05) is 19.8 Å². The molecule has 0 saturated carbocycles. The van der Waals surface area contributed by atoms with E-state index in [1.807, 2.05) is 0 Å². The molecule has 0 unspecified atom stereocenters. The van der Waals surface area contributed by atoms with Gasteiger partial charge in [0, 0.05) is 16.7 Å². The quantitative estimate of drug-likeness (QED) is 0.585. The molecule has 2 aromatic carbocycles. The van der Waals surface area contributed by atoms with Crippen LogP contribution in [0.2, 0.25) is 5.02 Å². The third-order valence-electron chi connectivity index (χ3n) is 3.62. The number of nitrogens with one attached hydrogen (secondary N) is 1. The van der Waals surface area contributed by atoms with E-state index in [0.29, 0.717) is 28.9 Å². The topological polar surface area (TPSA) is 73.3 Å². The molecule has 1 aromatic heterocycles. The highest BCUT2D eigenvalue weighted by Gasteiger charge is 2.05. The van der Waals surface area contributed by atoms with Gasteiger partial charge in [-0.25, -0.2) is 4.39 Å². The molecule has 0 fully saturated rings. The van der Waals surface area contributed by atoms with Crippen LogP contribution in [0.1, 0.15) is 0 Å². The Morgan fingerprint density at radius 3 is 2.57 bits per heavy atom. The number of carbonyl (C=O) groups is 1. The Morgan fingerprint density at radius 2 is 1.86 bits per heavy atom. The first-order valence-electron chi connectivity index (χ1n) is 8.48. The third-order valence-corrected chi connectivity index (χ3v) is 3.86. The Labute approximate surface area is 166 Å². The van der Waals surface area contributed by atoms with Gasteiger partial charge in [0.25, 0.3) is 5.91 Å². The minimum absolute atomic E-state index is 0.119. The number of hydrogen-bond acceptors (Lipinski definition) is 5. The SMILES string of the molecule is O=C(COc1cccc(Cl)c1)NCCOc1ccc(-c2ccc(F)cc2)nn1. The average Bonchev–Trinajstić information content (AvgIpc) is 2.71. The van der Waals surface area contributed by atoms with Gasteiger partial charge in [-0.15, -0.1) is 10.2 Å². The van der Waals surface area contributed by atoms with Crippen LogP contribution in [-0.2, 0) is 4.79 Å². The molecule has 0 aliphatic rings. The first kappa shape index (κ1) is 19.6. The van der Waals surface area contributed by atoms with Gasteiger partial charge >= 0.3 is 0 Å². The third kappa shape index (κ3) is 5.92. The monoisotopic (exact) mass is 401 g/mol. The van der Waals surface area contributed by atoms with Crippen LogP contribution in [0.3, 0.4) is 0 Å². The molecule has 0 spiro atoms. The lowest BCUT2D eigenvalue weighted by atomic mass is 10.1. The maximum Gasteiger partial charge on any atom is 0.258 e. The number of aromatic nitrogens is 2. The molecule has 8 heteroatoms. The van der Waals surface area contributed by atoms with E-state index in [9.17, 15) is 9.18 Å². The number of halogens is 2. The normalized spacial score (nSPS) is 10.4. The molecule has 3 aromatic rings. The highest BCUT2D eigenvalue weighted by molar-refractivity contribution is 6.30. The summed E-state index contributed by atoms with van der Waals surface area (Å²) in [6.45, 7) is 0.402. The van der Waals surface area contributed by atoms with E-state index in [-0.39, 0.29) is 24.9 Å². The lowest BCUT2D eigenvalue weighted by molar-refractivity contribution is -0.123. The van der Waals surface area contributed by atoms with E-state index in [1.165, 1.54) is 12.1 Å². The predicted octanol–water partition coefficient (Wildman–Crippen LogP) is 3.51. The van der Waals surface area contributed by atoms with Gasteiger partial charge in [0.05, 0.1) is 12.2 Å². The summed E-state index contributed by atoms with van der Waals surface area (Å²) >= 11 is 5.85. The van der Waals surface area contributed by atoms with Crippen LogP contribution in [0.15, 0.2) is 60.7 Å². The van der Waals surface area contributed by atoms with Gasteiger partial charge in [-0.2, -0.15) is 0 Å². The number of carbonyl (C=O) groups excluding carboxylic acids is 1. The van der Waals surface area contributed by atoms with Crippen molar-refractivity contribution in [3.8, 4) is 22.9 Å². The van der Waals surface area contributed by atoms with E-state index in [4.69, 9.17) is 21.1 Å². The molecule has 1 N–H and O–H groups in total. The summed E-state index contributed by atoms with van der Waals surface area (Å²) in [6, 6.07) is 16.2. The summed E-state index contributed by atoms with van der Waals surface area (Å²) in [5, 5.41) is 11.2. The van der Waals surface area contributed by atoms with Crippen LogP contribution in [-0.4, -0.2) is 35.9 Å². The minimum atomic E-state index is -0.309. The van der Waals surface area contributed by atoms with Gasteiger partial charge in [-0.05, 0) is 48.5 Å². The molecule has 0 aliphatic heterocycles. The summed E-state index contributed by atoms with van der Waals surface area (Å²) in [5.74, 6) is 0.267. The van der Waals surface area contributed by atoms with E-state index >= 15 is 0 Å². The number of ether oxygens (including phenoxy) is 2. The standard InChI is InChI=1S/C20H17ClFN3O3/c21-15-2-1-3-17(12-15)28-13-19(26)23-10-11-27-20-9-8-18(24-25-20)14-4-6-16(22)7-5-14/h1-9,12H,10-11,13H2,(H,23,26). The molecule has 144 valence electrons. The van der Waals surface area contributed by atoms with Crippen LogP contribution in [0, 0.1) is 5.82 Å². The number of rotatable bonds is 8. The van der Waals surface area contributed by atoms with Crippen molar-refractivity contribution >= 4 is 17.5 Å². The fourth-order valence-electron chi connectivity index (χ4n) is 2.27. The number of amides is 1. The molecule has 3 rings (SSSR count). The fraction of sp³-hybridized carbons (Fsp3) is 0.150. The van der Waals surface area contributed by atoms with E-state index < -0.39 is 0 Å². The van der Waals surface area contributed by atoms with Crippen LogP contribution >= 0.6 is 11.6 Å². The molecular weight excluding hydrogens is 385 g/mol. The molecule has 28 heavy (non-hydrogen) atoms. The van der Waals surface area contributed by atoms with Crippen molar-refractivity contribution in [2.45, 2.75) is 0 Å². The van der Waals surface area contributed by atoms with E-state index in [1.54, 1.807) is 48.5 Å². The summed E-state index contributed by atoms with van der Waals surface area (Å²) < 4.78 is 23.7. The minimum Gasteiger partial charge on any atom is -0.484 e. The van der Waals surface area contributed by atoms with Gasteiger partial charge < -0.3 is 14.8 Å². The van der Waals surface area contributed by atoms with Crippen LogP contribution < -0.4 is 14.8 Å². The summed E-state index contributed by atoms with van der Waals surface area (Å²) in [5.41, 5.74) is 1.37. The Hall–Kier alpha value is -3.19. The molecule has 1 heterocycles. The molecule has 0 bridgehead atoms. The van der Waals surface area contributed by atoms with Crippen molar-refractivity contribution < 1.29 is 18.7 Å². The van der Waals surface area contributed by atoms with Crippen molar-refractivity contribution in [3.63, 3.8) is 0 Å². The van der Waals surface area contributed by atoms with Crippen LogP contribution in [0.5, 0.6) is 11.6 Å². The lowest BCUT2D eigenvalue weighted by Crippen LogP contribution is -2.32. The van der Waals surface area contributed by atoms with E-state index in [0.717, 1.165) is 5.56 Å². The Morgan fingerprint density at radius 1 is 1.04 bits per heavy atom. The second-order valence-corrected chi connectivity index (χ2v) is 6.14. The Balaban J connectivity index is 1.37. The summed E-state index contributed by atoms with van der Waals surface area (Å²) in [4.78, 5) is 11.8. The van der Waals surface area contributed by atoms with Crippen molar-refractivity contribution in [1.82, 2.24) is 15.5 Å². The smallest absolute Gasteiger partial charge is 0.258 e. The van der Waals surface area contributed by atoms with E-state index in [2.05, 4.69) is 15.5 Å². The average molecular weight is 402 g/mol. The second kappa shape index (κ2) is 9.66. The zero-order valence-corrected chi connectivity index (χ0v) is 15.5. The molecular formula is C20H17ClFN3O3. The molecule has 0 atom stereocenters. The second-order valence-electron chi connectivity index (χ2n) is 5.71. The summed E-state index contributed by atoms with van der Waals surface area (Å²) in [7, 11) is 0. The van der Waals surface area contributed by atoms with Gasteiger partial charge in [0.15, 0.2) is 6.61 Å². The molecule has 0 aliphatic carbocycles. The zero-order valence-electron chi connectivity index (χ0n) is 14.8. The zero-order chi connectivity index (χ0) is 19.8. The Kier molecular flexibility index (Phi) is 6.75. The van der Waals surface area contributed by atoms with Crippen molar-refractivity contribution in [3.05, 3.63) is 71.5 Å². The van der Waals surface area contributed by atoms with Crippen LogP contribution in [0.25, 0.3) is 11.3 Å². The van der Waals surface area contributed by atoms with Gasteiger partial charge in [0.1, 0.15) is 18.2 Å². The van der Waals surface area contributed by atoms with Crippen molar-refractivity contribution in [2.24, 2.45) is 0 Å². The number of benzene rings is 2. The maximum absolute atomic E-state index is 12.9. The lowest BCUT2D eigenvalue weighted by Gasteiger charge is -2.08. The van der Waals surface area contributed by atoms with Gasteiger partial charge in [-0.1, -0.05) is 17.7 Å². The highest BCUT2D eigenvalue weighted by atomic mass is 35.5. The maximum atomic E-state index is 12.9. The van der Waals surface area contributed by atoms with Crippen LogP contribution in [0.4, 0.5) is 4.39 Å². The first-order valence-corrected chi connectivity index (χ1v) is 8.85. The fourth-order valence-corrected chi connectivity index (χ4v) is 2.45. The molecule has 0 saturated heterocycles. The molecule has 6 nitrogen and oxygen atoms in total. The van der Waals surface area contributed by atoms with Gasteiger partial charge in [0.2, 0.25) is 5.88 Å². The highest BCUT2D eigenvalue weighted by Crippen LogP contribution is 2.18. The number of hydrogen-bond donors (Lipinski definition) is 1. The first-order chi connectivity index (χ1) is 13.6. The van der Waals surface area contributed by atoms with Gasteiger partial charge in [-0.3, -0.25) is 4.79 Å². The number of nitrogens with zero attached hydrogens (tertiary/aromatic N) is 2. The molecule has 0 radical (unpaired) electrons. The largest absolute Gasteiger partial charge is 0.484 e. The predicted molar refractivity (Wildman–Crippen MR) is 103 cm³/mol. The Bertz CT molecular complexity index is 921. The molecule has 1 amide bonds. The summed E-state index contributed by atoms with van der Waals surface area (Å²) in [6.07, 6.45) is 0.